The Hall–Kier alpha value is -3.85. The van der Waals surface area contributed by atoms with Gasteiger partial charge < -0.3 is 14.8 Å². The van der Waals surface area contributed by atoms with Crippen molar-refractivity contribution in [1.82, 2.24) is 4.98 Å². The number of carbonyl (C=O) groups excluding carboxylic acids is 2. The number of esters is 1. The SMILES string of the molecule is O=C(COC(=O)c1cc(-c2cccs2)nc2ccccc12)Nc1ccc(OC(F)F)cc1. The molecule has 4 aromatic rings. The lowest BCUT2D eigenvalue weighted by Crippen LogP contribution is -2.21. The van der Waals surface area contributed by atoms with E-state index in [0.29, 0.717) is 27.8 Å². The molecule has 0 saturated carbocycles. The number of alkyl halides is 2. The van der Waals surface area contributed by atoms with E-state index in [1.165, 1.54) is 35.6 Å². The molecule has 1 amide bonds. The zero-order valence-corrected chi connectivity index (χ0v) is 17.3. The Morgan fingerprint density at radius 1 is 1.03 bits per heavy atom. The second kappa shape index (κ2) is 9.52. The first kappa shape index (κ1) is 21.4. The number of thiophene rings is 1. The van der Waals surface area contributed by atoms with Crippen LogP contribution >= 0.6 is 11.3 Å². The highest BCUT2D eigenvalue weighted by molar-refractivity contribution is 7.13. The van der Waals surface area contributed by atoms with Crippen LogP contribution < -0.4 is 10.1 Å². The first-order valence-electron chi connectivity index (χ1n) is 9.45. The molecule has 9 heteroatoms. The molecule has 0 atom stereocenters. The number of aromatic nitrogens is 1. The predicted octanol–water partition coefficient (Wildman–Crippen LogP) is 5.36. The van der Waals surface area contributed by atoms with E-state index < -0.39 is 25.1 Å². The Kier molecular flexibility index (Phi) is 6.37. The monoisotopic (exact) mass is 454 g/mol. The normalized spacial score (nSPS) is 10.8. The van der Waals surface area contributed by atoms with Crippen molar-refractivity contribution in [3.05, 3.63) is 77.7 Å². The number of hydrogen-bond donors (Lipinski definition) is 1. The van der Waals surface area contributed by atoms with Crippen molar-refractivity contribution < 1.29 is 27.8 Å². The van der Waals surface area contributed by atoms with Crippen LogP contribution in [0.4, 0.5) is 14.5 Å². The summed E-state index contributed by atoms with van der Waals surface area (Å²) in [5.74, 6) is -1.26. The van der Waals surface area contributed by atoms with Gasteiger partial charge in [0, 0.05) is 11.1 Å². The maximum atomic E-state index is 12.8. The van der Waals surface area contributed by atoms with E-state index in [-0.39, 0.29) is 5.75 Å². The Balaban J connectivity index is 1.45. The largest absolute Gasteiger partial charge is 0.452 e. The third kappa shape index (κ3) is 5.06. The molecule has 2 aromatic carbocycles. The summed E-state index contributed by atoms with van der Waals surface area (Å²) in [5.41, 5.74) is 1.93. The van der Waals surface area contributed by atoms with Gasteiger partial charge in [0.05, 0.1) is 21.7 Å². The minimum atomic E-state index is -2.93. The van der Waals surface area contributed by atoms with Crippen molar-refractivity contribution in [1.29, 1.82) is 0 Å². The summed E-state index contributed by atoms with van der Waals surface area (Å²) >= 11 is 1.50. The van der Waals surface area contributed by atoms with Crippen LogP contribution in [0.25, 0.3) is 21.5 Å². The van der Waals surface area contributed by atoms with Crippen LogP contribution in [-0.4, -0.2) is 30.1 Å². The molecule has 2 heterocycles. The van der Waals surface area contributed by atoms with Crippen LogP contribution in [0.2, 0.25) is 0 Å². The van der Waals surface area contributed by atoms with Gasteiger partial charge in [-0.2, -0.15) is 8.78 Å². The zero-order valence-electron chi connectivity index (χ0n) is 16.5. The molecule has 0 fully saturated rings. The van der Waals surface area contributed by atoms with E-state index >= 15 is 0 Å². The van der Waals surface area contributed by atoms with E-state index in [1.54, 1.807) is 24.3 Å². The molecule has 0 unspecified atom stereocenters. The minimum absolute atomic E-state index is 0.0319. The Labute approximate surface area is 185 Å². The van der Waals surface area contributed by atoms with Crippen molar-refractivity contribution >= 4 is 39.8 Å². The highest BCUT2D eigenvalue weighted by Gasteiger charge is 2.17. The van der Waals surface area contributed by atoms with Gasteiger partial charge in [-0.05, 0) is 47.8 Å². The molecule has 1 N–H and O–H groups in total. The fourth-order valence-corrected chi connectivity index (χ4v) is 3.71. The molecular formula is C23H16F2N2O4S. The summed E-state index contributed by atoms with van der Waals surface area (Å²) in [6, 6.07) is 18.0. The van der Waals surface area contributed by atoms with Crippen LogP contribution in [-0.2, 0) is 9.53 Å². The number of amides is 1. The molecule has 0 aliphatic heterocycles. The summed E-state index contributed by atoms with van der Waals surface area (Å²) in [5, 5.41) is 5.07. The van der Waals surface area contributed by atoms with Gasteiger partial charge in [-0.3, -0.25) is 4.79 Å². The molecule has 0 aliphatic rings. The van der Waals surface area contributed by atoms with Gasteiger partial charge >= 0.3 is 12.6 Å². The number of fused-ring (bicyclic) bond motifs is 1. The molecule has 2 aromatic heterocycles. The van der Waals surface area contributed by atoms with Crippen molar-refractivity contribution in [2.45, 2.75) is 6.61 Å². The number of pyridine rings is 1. The second-order valence-corrected chi connectivity index (χ2v) is 7.52. The fraction of sp³-hybridized carbons (Fsp3) is 0.0870. The predicted molar refractivity (Wildman–Crippen MR) is 117 cm³/mol. The van der Waals surface area contributed by atoms with Crippen molar-refractivity contribution in [2.24, 2.45) is 0 Å². The van der Waals surface area contributed by atoms with Crippen LogP contribution in [0.1, 0.15) is 10.4 Å². The van der Waals surface area contributed by atoms with Crippen LogP contribution in [0.3, 0.4) is 0 Å². The number of anilines is 1. The number of nitrogens with one attached hydrogen (secondary N) is 1. The number of benzene rings is 2. The maximum Gasteiger partial charge on any atom is 0.387 e. The van der Waals surface area contributed by atoms with Gasteiger partial charge in [-0.15, -0.1) is 11.3 Å². The number of carbonyl (C=O) groups is 2. The van der Waals surface area contributed by atoms with Gasteiger partial charge in [-0.1, -0.05) is 24.3 Å². The molecule has 32 heavy (non-hydrogen) atoms. The smallest absolute Gasteiger partial charge is 0.387 e. The van der Waals surface area contributed by atoms with Crippen LogP contribution in [0.5, 0.6) is 5.75 Å². The van der Waals surface area contributed by atoms with Gasteiger partial charge in [0.25, 0.3) is 5.91 Å². The third-order valence-corrected chi connectivity index (χ3v) is 5.30. The average Bonchev–Trinajstić information content (AvgIpc) is 3.33. The summed E-state index contributed by atoms with van der Waals surface area (Å²) < 4.78 is 33.9. The molecule has 0 radical (unpaired) electrons. The molecule has 162 valence electrons. The lowest BCUT2D eigenvalue weighted by molar-refractivity contribution is -0.119. The molecule has 4 rings (SSSR count). The van der Waals surface area contributed by atoms with Crippen molar-refractivity contribution in [2.75, 3.05) is 11.9 Å². The zero-order chi connectivity index (χ0) is 22.5. The van der Waals surface area contributed by atoms with E-state index in [1.807, 2.05) is 23.6 Å². The molecular weight excluding hydrogens is 438 g/mol. The number of para-hydroxylation sites is 1. The number of nitrogens with zero attached hydrogens (tertiary/aromatic N) is 1. The molecule has 6 nitrogen and oxygen atoms in total. The Morgan fingerprint density at radius 3 is 2.53 bits per heavy atom. The number of rotatable bonds is 7. The molecule has 0 bridgehead atoms. The van der Waals surface area contributed by atoms with Crippen molar-refractivity contribution in [3.8, 4) is 16.3 Å². The van der Waals surface area contributed by atoms with E-state index in [2.05, 4.69) is 15.0 Å². The highest BCUT2D eigenvalue weighted by Crippen LogP contribution is 2.28. The van der Waals surface area contributed by atoms with Crippen LogP contribution in [0, 0.1) is 0 Å². The Bertz CT molecular complexity index is 1240. The summed E-state index contributed by atoms with van der Waals surface area (Å²) in [7, 11) is 0. The molecule has 0 saturated heterocycles. The van der Waals surface area contributed by atoms with Crippen molar-refractivity contribution in [3.63, 3.8) is 0 Å². The average molecular weight is 454 g/mol. The number of ether oxygens (including phenoxy) is 2. The summed E-state index contributed by atoms with van der Waals surface area (Å²) in [6.45, 7) is -3.45. The van der Waals surface area contributed by atoms with Gasteiger partial charge in [0.2, 0.25) is 0 Å². The van der Waals surface area contributed by atoms with E-state index in [9.17, 15) is 18.4 Å². The first-order chi connectivity index (χ1) is 15.5. The van der Waals surface area contributed by atoms with Crippen LogP contribution in [0.15, 0.2) is 72.1 Å². The quantitative estimate of drug-likeness (QED) is 0.381. The fourth-order valence-electron chi connectivity index (χ4n) is 3.02. The molecule has 0 aliphatic carbocycles. The topological polar surface area (TPSA) is 77.5 Å². The van der Waals surface area contributed by atoms with Gasteiger partial charge in [0.1, 0.15) is 5.75 Å². The highest BCUT2D eigenvalue weighted by atomic mass is 32.1. The summed E-state index contributed by atoms with van der Waals surface area (Å²) in [4.78, 5) is 30.5. The third-order valence-electron chi connectivity index (χ3n) is 4.41. The first-order valence-corrected chi connectivity index (χ1v) is 10.3. The Morgan fingerprint density at radius 2 is 1.81 bits per heavy atom. The maximum absolute atomic E-state index is 12.8. The van der Waals surface area contributed by atoms with E-state index in [4.69, 9.17) is 4.74 Å². The van der Waals surface area contributed by atoms with E-state index in [0.717, 1.165) is 4.88 Å². The standard InChI is InChI=1S/C23H16F2N2O4S/c24-23(25)31-15-9-7-14(8-10-15)26-21(28)13-30-22(29)17-12-19(20-6-3-11-32-20)27-18-5-2-1-4-16(17)18/h1-12,23H,13H2,(H,26,28). The van der Waals surface area contributed by atoms with Gasteiger partial charge in [-0.25, -0.2) is 9.78 Å². The lowest BCUT2D eigenvalue weighted by Gasteiger charge is -2.10. The van der Waals surface area contributed by atoms with Gasteiger partial charge in [0.15, 0.2) is 6.61 Å². The number of halogens is 2. The lowest BCUT2D eigenvalue weighted by atomic mass is 10.1. The minimum Gasteiger partial charge on any atom is -0.452 e. The molecule has 0 spiro atoms. The summed E-state index contributed by atoms with van der Waals surface area (Å²) in [6.07, 6.45) is 0. The number of hydrogen-bond acceptors (Lipinski definition) is 6. The second-order valence-electron chi connectivity index (χ2n) is 6.58.